The van der Waals surface area contributed by atoms with Crippen LogP contribution in [0.5, 0.6) is 0 Å². The Balaban J connectivity index is 2.20. The van der Waals surface area contributed by atoms with Crippen LogP contribution in [0.1, 0.15) is 33.1 Å². The highest BCUT2D eigenvalue weighted by molar-refractivity contribution is 7.89. The van der Waals surface area contributed by atoms with Crippen molar-refractivity contribution in [3.63, 3.8) is 0 Å². The minimum Gasteiger partial charge on any atom is -0.241 e. The molecule has 6 heteroatoms. The topological polar surface area (TPSA) is 59.1 Å². The highest BCUT2D eigenvalue weighted by Crippen LogP contribution is 2.30. The summed E-state index contributed by atoms with van der Waals surface area (Å²) < 4.78 is 40.5. The standard InChI is InChI=1S/C13H19FN2O2S/c1-9-5-3-7-12(10(9)2)16-19(17,18)13-11(14)6-4-8-15-13/h4,6,8-10,12,16H,3,5,7H2,1-2H3. The SMILES string of the molecule is CC1CCCC(NS(=O)(=O)c2ncccc2F)C1C. The number of nitrogens with one attached hydrogen (secondary N) is 1. The second-order valence-electron chi connectivity index (χ2n) is 5.29. The lowest BCUT2D eigenvalue weighted by Gasteiger charge is -2.34. The first-order chi connectivity index (χ1) is 8.92. The maximum Gasteiger partial charge on any atom is 0.261 e. The molecule has 0 radical (unpaired) electrons. The molecule has 1 aliphatic rings. The molecule has 1 N–H and O–H groups in total. The fourth-order valence-corrected chi connectivity index (χ4v) is 3.94. The lowest BCUT2D eigenvalue weighted by Crippen LogP contribution is -2.44. The van der Waals surface area contributed by atoms with Gasteiger partial charge in [0.2, 0.25) is 5.03 Å². The number of nitrogens with zero attached hydrogens (tertiary/aromatic N) is 1. The van der Waals surface area contributed by atoms with Crippen LogP contribution in [-0.2, 0) is 10.0 Å². The maximum atomic E-state index is 13.5. The van der Waals surface area contributed by atoms with Crippen molar-refractivity contribution < 1.29 is 12.8 Å². The van der Waals surface area contributed by atoms with Crippen LogP contribution in [0.2, 0.25) is 0 Å². The van der Waals surface area contributed by atoms with E-state index in [1.165, 1.54) is 12.3 Å². The Hall–Kier alpha value is -1.01. The smallest absolute Gasteiger partial charge is 0.241 e. The van der Waals surface area contributed by atoms with Crippen molar-refractivity contribution >= 4 is 10.0 Å². The highest BCUT2D eigenvalue weighted by atomic mass is 32.2. The summed E-state index contributed by atoms with van der Waals surface area (Å²) in [6, 6.07) is 2.34. The van der Waals surface area contributed by atoms with Gasteiger partial charge in [-0.1, -0.05) is 26.7 Å². The molecule has 2 rings (SSSR count). The second kappa shape index (κ2) is 5.54. The molecule has 1 aliphatic carbocycles. The van der Waals surface area contributed by atoms with Crippen molar-refractivity contribution in [2.75, 3.05) is 0 Å². The number of rotatable bonds is 3. The maximum absolute atomic E-state index is 13.5. The summed E-state index contributed by atoms with van der Waals surface area (Å²) in [6.07, 6.45) is 4.17. The van der Waals surface area contributed by atoms with Gasteiger partial charge in [-0.15, -0.1) is 0 Å². The van der Waals surface area contributed by atoms with Crippen molar-refractivity contribution in [1.29, 1.82) is 0 Å². The summed E-state index contributed by atoms with van der Waals surface area (Å²) in [7, 11) is -3.88. The summed E-state index contributed by atoms with van der Waals surface area (Å²) in [4.78, 5) is 3.63. The number of halogens is 1. The van der Waals surface area contributed by atoms with Crippen molar-refractivity contribution in [2.45, 2.75) is 44.2 Å². The van der Waals surface area contributed by atoms with Crippen LogP contribution in [0.25, 0.3) is 0 Å². The summed E-state index contributed by atoms with van der Waals surface area (Å²) in [5, 5.41) is -0.513. The van der Waals surface area contributed by atoms with Gasteiger partial charge in [-0.3, -0.25) is 0 Å². The van der Waals surface area contributed by atoms with Gasteiger partial charge in [-0.25, -0.2) is 22.5 Å². The molecule has 0 amide bonds. The Morgan fingerprint density at radius 1 is 1.37 bits per heavy atom. The Labute approximate surface area is 113 Å². The van der Waals surface area contributed by atoms with Gasteiger partial charge >= 0.3 is 0 Å². The van der Waals surface area contributed by atoms with Crippen LogP contribution in [0.4, 0.5) is 4.39 Å². The molecule has 0 bridgehead atoms. The third-order valence-electron chi connectivity index (χ3n) is 3.99. The Morgan fingerprint density at radius 3 is 2.79 bits per heavy atom. The molecule has 1 aromatic rings. The van der Waals surface area contributed by atoms with E-state index in [0.29, 0.717) is 5.92 Å². The average molecular weight is 286 g/mol. The Kier molecular flexibility index (Phi) is 4.20. The van der Waals surface area contributed by atoms with Gasteiger partial charge in [-0.2, -0.15) is 0 Å². The van der Waals surface area contributed by atoms with Crippen LogP contribution >= 0.6 is 0 Å². The molecule has 4 nitrogen and oxygen atoms in total. The normalized spacial score (nSPS) is 28.3. The molecule has 1 fully saturated rings. The van der Waals surface area contributed by atoms with E-state index in [0.717, 1.165) is 25.3 Å². The van der Waals surface area contributed by atoms with Crippen LogP contribution in [0.3, 0.4) is 0 Å². The minimum absolute atomic E-state index is 0.143. The van der Waals surface area contributed by atoms with E-state index in [1.54, 1.807) is 0 Å². The molecule has 106 valence electrons. The largest absolute Gasteiger partial charge is 0.261 e. The Morgan fingerprint density at radius 2 is 2.11 bits per heavy atom. The number of hydrogen-bond acceptors (Lipinski definition) is 3. The van der Waals surface area contributed by atoms with Crippen molar-refractivity contribution in [3.05, 3.63) is 24.1 Å². The third-order valence-corrected chi connectivity index (χ3v) is 5.42. The zero-order valence-electron chi connectivity index (χ0n) is 11.1. The summed E-state index contributed by atoms with van der Waals surface area (Å²) in [6.45, 7) is 4.15. The van der Waals surface area contributed by atoms with E-state index in [9.17, 15) is 12.8 Å². The third kappa shape index (κ3) is 3.12. The van der Waals surface area contributed by atoms with E-state index in [-0.39, 0.29) is 12.0 Å². The molecule has 3 atom stereocenters. The first-order valence-corrected chi connectivity index (χ1v) is 8.03. The molecular formula is C13H19FN2O2S. The fraction of sp³-hybridized carbons (Fsp3) is 0.615. The van der Waals surface area contributed by atoms with E-state index in [4.69, 9.17) is 0 Å². The first kappa shape index (κ1) is 14.4. The average Bonchev–Trinajstić information content (AvgIpc) is 2.35. The molecule has 1 aromatic heterocycles. The van der Waals surface area contributed by atoms with Gasteiger partial charge in [0.05, 0.1) is 0 Å². The monoisotopic (exact) mass is 286 g/mol. The zero-order chi connectivity index (χ0) is 14.0. The molecule has 0 aliphatic heterocycles. The van der Waals surface area contributed by atoms with Crippen LogP contribution in [0, 0.1) is 17.7 Å². The predicted molar refractivity (Wildman–Crippen MR) is 70.5 cm³/mol. The Bertz CT molecular complexity index is 547. The van der Waals surface area contributed by atoms with E-state index < -0.39 is 20.9 Å². The van der Waals surface area contributed by atoms with E-state index in [2.05, 4.69) is 16.6 Å². The lowest BCUT2D eigenvalue weighted by atomic mass is 9.78. The number of sulfonamides is 1. The number of aromatic nitrogens is 1. The van der Waals surface area contributed by atoms with Crippen molar-refractivity contribution in [3.8, 4) is 0 Å². The van der Waals surface area contributed by atoms with Gasteiger partial charge in [0, 0.05) is 12.2 Å². The first-order valence-electron chi connectivity index (χ1n) is 6.54. The van der Waals surface area contributed by atoms with Gasteiger partial charge in [0.15, 0.2) is 5.82 Å². The van der Waals surface area contributed by atoms with E-state index in [1.807, 2.05) is 6.92 Å². The minimum atomic E-state index is -3.88. The van der Waals surface area contributed by atoms with Gasteiger partial charge in [0.25, 0.3) is 10.0 Å². The molecule has 0 saturated heterocycles. The molecule has 0 aromatic carbocycles. The molecular weight excluding hydrogens is 267 g/mol. The zero-order valence-corrected chi connectivity index (χ0v) is 12.0. The van der Waals surface area contributed by atoms with E-state index >= 15 is 0 Å². The fourth-order valence-electron chi connectivity index (χ4n) is 2.57. The van der Waals surface area contributed by atoms with Crippen LogP contribution in [0.15, 0.2) is 23.4 Å². The second-order valence-corrected chi connectivity index (χ2v) is 6.91. The molecule has 1 saturated carbocycles. The molecule has 1 heterocycles. The summed E-state index contributed by atoms with van der Waals surface area (Å²) >= 11 is 0. The summed E-state index contributed by atoms with van der Waals surface area (Å²) in [5.41, 5.74) is 0. The highest BCUT2D eigenvalue weighted by Gasteiger charge is 2.32. The molecule has 3 unspecified atom stereocenters. The van der Waals surface area contributed by atoms with Gasteiger partial charge < -0.3 is 0 Å². The molecule has 19 heavy (non-hydrogen) atoms. The van der Waals surface area contributed by atoms with Crippen molar-refractivity contribution in [2.24, 2.45) is 11.8 Å². The number of pyridine rings is 1. The molecule has 0 spiro atoms. The quantitative estimate of drug-likeness (QED) is 0.927. The van der Waals surface area contributed by atoms with Crippen LogP contribution in [-0.4, -0.2) is 19.4 Å². The predicted octanol–water partition coefficient (Wildman–Crippen LogP) is 2.32. The van der Waals surface area contributed by atoms with Crippen molar-refractivity contribution in [1.82, 2.24) is 9.71 Å². The van der Waals surface area contributed by atoms with Crippen LogP contribution < -0.4 is 4.72 Å². The summed E-state index contributed by atoms with van der Waals surface area (Å²) in [5.74, 6) is -0.100. The van der Waals surface area contributed by atoms with Gasteiger partial charge in [-0.05, 0) is 30.4 Å². The van der Waals surface area contributed by atoms with Gasteiger partial charge in [0.1, 0.15) is 0 Å². The lowest BCUT2D eigenvalue weighted by molar-refractivity contribution is 0.226. The number of hydrogen-bond donors (Lipinski definition) is 1.